The largest absolute Gasteiger partial charge is 0.484 e. The van der Waals surface area contributed by atoms with E-state index in [0.717, 1.165) is 0 Å². The quantitative estimate of drug-likeness (QED) is 0.818. The molecule has 1 fully saturated rings. The average Bonchev–Trinajstić information content (AvgIpc) is 2.44. The highest BCUT2D eigenvalue weighted by atomic mass is 32.2. The van der Waals surface area contributed by atoms with Crippen LogP contribution in [-0.2, 0) is 9.84 Å². The predicted molar refractivity (Wildman–Crippen MR) is 55.5 cm³/mol. The van der Waals surface area contributed by atoms with E-state index in [4.69, 9.17) is 4.74 Å². The lowest BCUT2D eigenvalue weighted by atomic mass is 10.2. The maximum absolute atomic E-state index is 13.2. The number of sulfone groups is 1. The van der Waals surface area contributed by atoms with Crippen LogP contribution in [-0.4, -0.2) is 37.2 Å². The third-order valence-electron chi connectivity index (χ3n) is 2.39. The molecule has 1 N–H and O–H groups in total. The first kappa shape index (κ1) is 11.3. The van der Waals surface area contributed by atoms with Gasteiger partial charge in [0.2, 0.25) is 0 Å². The van der Waals surface area contributed by atoms with Crippen molar-refractivity contribution >= 4 is 9.84 Å². The molecule has 88 valence electrons. The molecule has 0 saturated carbocycles. The van der Waals surface area contributed by atoms with Crippen LogP contribution in [0.15, 0.2) is 24.3 Å². The van der Waals surface area contributed by atoms with E-state index >= 15 is 0 Å². The van der Waals surface area contributed by atoms with E-state index < -0.39 is 27.9 Å². The highest BCUT2D eigenvalue weighted by molar-refractivity contribution is 7.91. The summed E-state index contributed by atoms with van der Waals surface area (Å²) in [5.74, 6) is -1.21. The zero-order chi connectivity index (χ0) is 11.8. The van der Waals surface area contributed by atoms with E-state index in [1.165, 1.54) is 18.2 Å². The van der Waals surface area contributed by atoms with E-state index in [9.17, 15) is 17.9 Å². The zero-order valence-electron chi connectivity index (χ0n) is 8.34. The van der Waals surface area contributed by atoms with Gasteiger partial charge in [0.1, 0.15) is 12.2 Å². The van der Waals surface area contributed by atoms with Gasteiger partial charge in [-0.2, -0.15) is 0 Å². The number of aliphatic hydroxyl groups excluding tert-OH is 1. The fourth-order valence-corrected chi connectivity index (χ4v) is 3.27. The van der Waals surface area contributed by atoms with Crippen molar-refractivity contribution in [3.05, 3.63) is 30.1 Å². The van der Waals surface area contributed by atoms with Crippen molar-refractivity contribution in [2.75, 3.05) is 11.5 Å². The van der Waals surface area contributed by atoms with Crippen LogP contribution in [0.4, 0.5) is 4.39 Å². The van der Waals surface area contributed by atoms with Gasteiger partial charge in [0.25, 0.3) is 0 Å². The summed E-state index contributed by atoms with van der Waals surface area (Å²) in [5, 5.41) is 9.45. The van der Waals surface area contributed by atoms with Gasteiger partial charge in [0.15, 0.2) is 21.4 Å². The molecule has 0 amide bonds. The van der Waals surface area contributed by atoms with Gasteiger partial charge < -0.3 is 9.84 Å². The number of para-hydroxylation sites is 1. The summed E-state index contributed by atoms with van der Waals surface area (Å²) in [6, 6.07) is 5.69. The van der Waals surface area contributed by atoms with Crippen molar-refractivity contribution < 1.29 is 22.7 Å². The second-order valence-corrected chi connectivity index (χ2v) is 5.88. The summed E-state index contributed by atoms with van der Waals surface area (Å²) in [5.41, 5.74) is 0. The summed E-state index contributed by atoms with van der Waals surface area (Å²) in [6.45, 7) is 0. The van der Waals surface area contributed by atoms with Gasteiger partial charge in [0, 0.05) is 0 Å². The number of hydrogen-bond acceptors (Lipinski definition) is 4. The van der Waals surface area contributed by atoms with E-state index in [2.05, 4.69) is 0 Å². The Morgan fingerprint density at radius 2 is 2.00 bits per heavy atom. The van der Waals surface area contributed by atoms with Crippen molar-refractivity contribution in [3.8, 4) is 5.75 Å². The first-order chi connectivity index (χ1) is 7.48. The summed E-state index contributed by atoms with van der Waals surface area (Å²) in [6.07, 6.45) is -1.98. The number of ether oxygens (including phenoxy) is 1. The standard InChI is InChI=1S/C10H11FO4S/c11-7-3-1-2-4-9(7)15-10-6-16(13,14)5-8(10)12/h1-4,8,10,12H,5-6H2. The molecule has 6 heteroatoms. The molecule has 1 heterocycles. The van der Waals surface area contributed by atoms with Gasteiger partial charge in [-0.3, -0.25) is 0 Å². The van der Waals surface area contributed by atoms with Crippen LogP contribution in [0, 0.1) is 5.82 Å². The molecule has 2 rings (SSSR count). The number of aliphatic hydroxyl groups is 1. The topological polar surface area (TPSA) is 63.6 Å². The van der Waals surface area contributed by atoms with Crippen LogP contribution in [0.1, 0.15) is 0 Å². The Kier molecular flexibility index (Phi) is 2.86. The van der Waals surface area contributed by atoms with E-state index in [0.29, 0.717) is 0 Å². The SMILES string of the molecule is O=S1(=O)CC(O)C(Oc2ccccc2F)C1. The van der Waals surface area contributed by atoms with Crippen molar-refractivity contribution in [2.45, 2.75) is 12.2 Å². The number of rotatable bonds is 2. The molecular weight excluding hydrogens is 235 g/mol. The monoisotopic (exact) mass is 246 g/mol. The van der Waals surface area contributed by atoms with E-state index in [-0.39, 0.29) is 17.3 Å². The predicted octanol–water partition coefficient (Wildman–Crippen LogP) is 0.362. The van der Waals surface area contributed by atoms with Crippen LogP contribution in [0.5, 0.6) is 5.75 Å². The number of hydrogen-bond donors (Lipinski definition) is 1. The fraction of sp³-hybridized carbons (Fsp3) is 0.400. The maximum atomic E-state index is 13.2. The van der Waals surface area contributed by atoms with Crippen molar-refractivity contribution in [2.24, 2.45) is 0 Å². The Labute approximate surface area is 92.6 Å². The molecule has 1 aliphatic rings. The number of benzene rings is 1. The van der Waals surface area contributed by atoms with Crippen molar-refractivity contribution in [3.63, 3.8) is 0 Å². The zero-order valence-corrected chi connectivity index (χ0v) is 9.15. The fourth-order valence-electron chi connectivity index (χ4n) is 1.61. The molecule has 1 aromatic rings. The molecular formula is C10H11FO4S. The lowest BCUT2D eigenvalue weighted by Gasteiger charge is -2.15. The average molecular weight is 246 g/mol. The van der Waals surface area contributed by atoms with Gasteiger partial charge in [0.05, 0.1) is 11.5 Å². The molecule has 0 radical (unpaired) electrons. The Hall–Kier alpha value is -1.14. The molecule has 1 aliphatic heterocycles. The molecule has 1 aromatic carbocycles. The molecule has 0 aliphatic carbocycles. The van der Waals surface area contributed by atoms with Crippen LogP contribution >= 0.6 is 0 Å². The van der Waals surface area contributed by atoms with Gasteiger partial charge in [-0.25, -0.2) is 12.8 Å². The third kappa shape index (κ3) is 2.33. The first-order valence-electron chi connectivity index (χ1n) is 4.77. The van der Waals surface area contributed by atoms with Crippen molar-refractivity contribution in [1.29, 1.82) is 0 Å². The Balaban J connectivity index is 2.15. The van der Waals surface area contributed by atoms with Gasteiger partial charge >= 0.3 is 0 Å². The highest BCUT2D eigenvalue weighted by Crippen LogP contribution is 2.22. The van der Waals surface area contributed by atoms with Crippen LogP contribution in [0.3, 0.4) is 0 Å². The van der Waals surface area contributed by atoms with E-state index in [1.54, 1.807) is 6.07 Å². The second kappa shape index (κ2) is 4.03. The lowest BCUT2D eigenvalue weighted by molar-refractivity contribution is 0.0711. The van der Waals surface area contributed by atoms with Crippen LogP contribution in [0.25, 0.3) is 0 Å². The maximum Gasteiger partial charge on any atom is 0.165 e. The third-order valence-corrected chi connectivity index (χ3v) is 4.07. The summed E-state index contributed by atoms with van der Waals surface area (Å²) >= 11 is 0. The van der Waals surface area contributed by atoms with Gasteiger partial charge in [-0.15, -0.1) is 0 Å². The van der Waals surface area contributed by atoms with Gasteiger partial charge in [-0.1, -0.05) is 12.1 Å². The summed E-state index contributed by atoms with van der Waals surface area (Å²) < 4.78 is 40.7. The lowest BCUT2D eigenvalue weighted by Crippen LogP contribution is -2.30. The molecule has 0 aromatic heterocycles. The molecule has 2 atom stereocenters. The van der Waals surface area contributed by atoms with Crippen LogP contribution in [0.2, 0.25) is 0 Å². The van der Waals surface area contributed by atoms with Crippen LogP contribution < -0.4 is 4.74 Å². The van der Waals surface area contributed by atoms with E-state index in [1.807, 2.05) is 0 Å². The van der Waals surface area contributed by atoms with Gasteiger partial charge in [-0.05, 0) is 12.1 Å². The normalized spacial score (nSPS) is 27.9. The number of halogens is 1. The molecule has 0 bridgehead atoms. The smallest absolute Gasteiger partial charge is 0.165 e. The Morgan fingerprint density at radius 3 is 2.56 bits per heavy atom. The minimum Gasteiger partial charge on any atom is -0.484 e. The Bertz CT molecular complexity index is 485. The molecule has 1 saturated heterocycles. The minimum atomic E-state index is -3.28. The molecule has 0 spiro atoms. The highest BCUT2D eigenvalue weighted by Gasteiger charge is 2.38. The van der Waals surface area contributed by atoms with Crippen molar-refractivity contribution in [1.82, 2.24) is 0 Å². The Morgan fingerprint density at radius 1 is 1.31 bits per heavy atom. The minimum absolute atomic E-state index is 0.0383. The molecule has 16 heavy (non-hydrogen) atoms. The summed E-state index contributed by atoms with van der Waals surface area (Å²) in [7, 11) is -3.28. The molecule has 4 nitrogen and oxygen atoms in total. The first-order valence-corrected chi connectivity index (χ1v) is 6.60. The second-order valence-electron chi connectivity index (χ2n) is 3.73. The summed E-state index contributed by atoms with van der Waals surface area (Å²) in [4.78, 5) is 0. The molecule has 2 unspecified atom stereocenters.